The van der Waals surface area contributed by atoms with E-state index in [1.807, 2.05) is 11.0 Å². The average molecular weight is 331 g/mol. The summed E-state index contributed by atoms with van der Waals surface area (Å²) in [7, 11) is 0. The van der Waals surface area contributed by atoms with Gasteiger partial charge in [-0.2, -0.15) is 0 Å². The summed E-state index contributed by atoms with van der Waals surface area (Å²) in [6.07, 6.45) is 2.11. The predicted octanol–water partition coefficient (Wildman–Crippen LogP) is 4.36. The number of carbonyl (C=O) groups is 1. The Morgan fingerprint density at radius 2 is 1.94 bits per heavy atom. The van der Waals surface area contributed by atoms with Gasteiger partial charge >= 0.3 is 0 Å². The highest BCUT2D eigenvalue weighted by Crippen LogP contribution is 2.31. The maximum Gasteiger partial charge on any atom is 0.255 e. The monoisotopic (exact) mass is 329 g/mol. The van der Waals surface area contributed by atoms with Crippen molar-refractivity contribution in [3.05, 3.63) is 33.3 Å². The van der Waals surface area contributed by atoms with Crippen LogP contribution in [0.3, 0.4) is 0 Å². The van der Waals surface area contributed by atoms with Gasteiger partial charge in [0.2, 0.25) is 0 Å². The molecule has 0 bridgehead atoms. The minimum atomic E-state index is 0.0693. The van der Waals surface area contributed by atoms with E-state index in [2.05, 4.69) is 29.8 Å². The van der Waals surface area contributed by atoms with Crippen LogP contribution < -0.4 is 0 Å². The van der Waals surface area contributed by atoms with E-state index in [1.165, 1.54) is 0 Å². The fourth-order valence-corrected chi connectivity index (χ4v) is 2.74. The third kappa shape index (κ3) is 3.07. The molecular weight excluding hydrogens is 314 g/mol. The molecule has 1 aromatic carbocycles. The van der Waals surface area contributed by atoms with Crippen molar-refractivity contribution >= 4 is 33.4 Å². The first kappa shape index (κ1) is 13.9. The van der Waals surface area contributed by atoms with Gasteiger partial charge in [0.25, 0.3) is 5.91 Å². The Labute approximate surface area is 121 Å². The van der Waals surface area contributed by atoms with Crippen LogP contribution in [0.25, 0.3) is 0 Å². The van der Waals surface area contributed by atoms with E-state index >= 15 is 0 Å². The fraction of sp³-hybridized carbons (Fsp3) is 0.500. The molecule has 0 aliphatic carbocycles. The Morgan fingerprint density at radius 3 is 2.56 bits per heavy atom. The van der Waals surface area contributed by atoms with Gasteiger partial charge in [-0.05, 0) is 52.4 Å². The van der Waals surface area contributed by atoms with Crippen LogP contribution in [0.1, 0.15) is 37.0 Å². The molecule has 1 saturated heterocycles. The minimum Gasteiger partial charge on any atom is -0.339 e. The standard InChI is InChI=1S/C14H17BrClNO/c1-14(2)5-7-17(8-6-14)13(18)11-9-10(16)3-4-12(11)15/h3-4,9H,5-8H2,1-2H3. The first-order valence-corrected chi connectivity index (χ1v) is 7.30. The number of likely N-dealkylation sites (tertiary alicyclic amines) is 1. The zero-order chi connectivity index (χ0) is 13.3. The summed E-state index contributed by atoms with van der Waals surface area (Å²) in [4.78, 5) is 14.3. The molecule has 18 heavy (non-hydrogen) atoms. The van der Waals surface area contributed by atoms with E-state index in [0.717, 1.165) is 30.4 Å². The highest BCUT2D eigenvalue weighted by molar-refractivity contribution is 9.10. The molecule has 1 aliphatic heterocycles. The van der Waals surface area contributed by atoms with Gasteiger partial charge in [0, 0.05) is 22.6 Å². The fourth-order valence-electron chi connectivity index (χ4n) is 2.15. The lowest BCUT2D eigenvalue weighted by molar-refractivity contribution is 0.0629. The molecule has 2 nitrogen and oxygen atoms in total. The molecule has 1 fully saturated rings. The van der Waals surface area contributed by atoms with Crippen molar-refractivity contribution in [2.75, 3.05) is 13.1 Å². The normalized spacial score (nSPS) is 18.8. The van der Waals surface area contributed by atoms with Gasteiger partial charge in [-0.1, -0.05) is 25.4 Å². The molecule has 0 aromatic heterocycles. The molecular formula is C14H17BrClNO. The van der Waals surface area contributed by atoms with Crippen molar-refractivity contribution < 1.29 is 4.79 Å². The first-order chi connectivity index (χ1) is 8.39. The van der Waals surface area contributed by atoms with Gasteiger partial charge in [-0.25, -0.2) is 0 Å². The molecule has 98 valence electrons. The summed E-state index contributed by atoms with van der Waals surface area (Å²) in [5.74, 6) is 0.0693. The molecule has 2 rings (SSSR count). The Balaban J connectivity index is 2.15. The molecule has 0 spiro atoms. The van der Waals surface area contributed by atoms with Crippen LogP contribution in [0.2, 0.25) is 5.02 Å². The van der Waals surface area contributed by atoms with Crippen LogP contribution in [0.5, 0.6) is 0 Å². The van der Waals surface area contributed by atoms with Crippen LogP contribution in [-0.4, -0.2) is 23.9 Å². The van der Waals surface area contributed by atoms with Crippen molar-refractivity contribution in [1.29, 1.82) is 0 Å². The first-order valence-electron chi connectivity index (χ1n) is 6.13. The quantitative estimate of drug-likeness (QED) is 0.749. The molecule has 1 heterocycles. The molecule has 0 saturated carbocycles. The summed E-state index contributed by atoms with van der Waals surface area (Å²) in [6, 6.07) is 5.33. The lowest BCUT2D eigenvalue weighted by atomic mass is 9.82. The summed E-state index contributed by atoms with van der Waals surface area (Å²) in [6.45, 7) is 6.16. The zero-order valence-electron chi connectivity index (χ0n) is 10.7. The van der Waals surface area contributed by atoms with Gasteiger partial charge in [0.1, 0.15) is 0 Å². The van der Waals surface area contributed by atoms with Gasteiger partial charge in [0.15, 0.2) is 0 Å². The minimum absolute atomic E-state index is 0.0693. The Morgan fingerprint density at radius 1 is 1.33 bits per heavy atom. The summed E-state index contributed by atoms with van der Waals surface area (Å²) < 4.78 is 0.807. The summed E-state index contributed by atoms with van der Waals surface area (Å²) in [5.41, 5.74) is 1.00. The van der Waals surface area contributed by atoms with Crippen LogP contribution in [0.15, 0.2) is 22.7 Å². The van der Waals surface area contributed by atoms with Crippen molar-refractivity contribution in [2.24, 2.45) is 5.41 Å². The van der Waals surface area contributed by atoms with E-state index in [0.29, 0.717) is 16.0 Å². The van der Waals surface area contributed by atoms with Gasteiger partial charge < -0.3 is 4.90 Å². The number of hydrogen-bond donors (Lipinski definition) is 0. The van der Waals surface area contributed by atoms with Crippen LogP contribution >= 0.6 is 27.5 Å². The second kappa shape index (κ2) is 5.22. The van der Waals surface area contributed by atoms with Gasteiger partial charge in [-0.15, -0.1) is 0 Å². The molecule has 1 amide bonds. The Bertz CT molecular complexity index is 463. The smallest absolute Gasteiger partial charge is 0.255 e. The second-order valence-corrected chi connectivity index (χ2v) is 6.87. The van der Waals surface area contributed by atoms with Crippen molar-refractivity contribution in [3.8, 4) is 0 Å². The van der Waals surface area contributed by atoms with Crippen molar-refractivity contribution in [2.45, 2.75) is 26.7 Å². The number of amides is 1. The van der Waals surface area contributed by atoms with Crippen molar-refractivity contribution in [3.63, 3.8) is 0 Å². The molecule has 0 unspecified atom stereocenters. The maximum atomic E-state index is 12.4. The van der Waals surface area contributed by atoms with E-state index < -0.39 is 0 Å². The lowest BCUT2D eigenvalue weighted by Gasteiger charge is -2.37. The number of nitrogens with zero attached hydrogens (tertiary/aromatic N) is 1. The number of rotatable bonds is 1. The van der Waals surface area contributed by atoms with E-state index in [1.54, 1.807) is 12.1 Å². The molecule has 4 heteroatoms. The lowest BCUT2D eigenvalue weighted by Crippen LogP contribution is -2.41. The van der Waals surface area contributed by atoms with E-state index in [4.69, 9.17) is 11.6 Å². The van der Waals surface area contributed by atoms with Gasteiger partial charge in [0.05, 0.1) is 5.56 Å². The number of halogens is 2. The van der Waals surface area contributed by atoms with Crippen molar-refractivity contribution in [1.82, 2.24) is 4.90 Å². The maximum absolute atomic E-state index is 12.4. The largest absolute Gasteiger partial charge is 0.339 e. The third-order valence-corrected chi connectivity index (χ3v) is 4.49. The number of piperidine rings is 1. The molecule has 0 atom stereocenters. The number of hydrogen-bond acceptors (Lipinski definition) is 1. The third-order valence-electron chi connectivity index (χ3n) is 3.56. The number of carbonyl (C=O) groups excluding carboxylic acids is 1. The highest BCUT2D eigenvalue weighted by Gasteiger charge is 2.28. The summed E-state index contributed by atoms with van der Waals surface area (Å²) in [5, 5.41) is 0.596. The summed E-state index contributed by atoms with van der Waals surface area (Å²) >= 11 is 9.37. The molecule has 1 aromatic rings. The van der Waals surface area contributed by atoms with E-state index in [-0.39, 0.29) is 5.91 Å². The Kier molecular flexibility index (Phi) is 4.02. The molecule has 1 aliphatic rings. The molecule has 0 N–H and O–H groups in total. The van der Waals surface area contributed by atoms with Crippen LogP contribution in [0, 0.1) is 5.41 Å². The van der Waals surface area contributed by atoms with Gasteiger partial charge in [-0.3, -0.25) is 4.79 Å². The molecule has 0 radical (unpaired) electrons. The van der Waals surface area contributed by atoms with Crippen LogP contribution in [-0.2, 0) is 0 Å². The predicted molar refractivity (Wildman–Crippen MR) is 78.1 cm³/mol. The Hall–Kier alpha value is -0.540. The SMILES string of the molecule is CC1(C)CCN(C(=O)c2cc(Cl)ccc2Br)CC1. The zero-order valence-corrected chi connectivity index (χ0v) is 13.0. The number of benzene rings is 1. The second-order valence-electron chi connectivity index (χ2n) is 5.58. The van der Waals surface area contributed by atoms with E-state index in [9.17, 15) is 4.79 Å². The topological polar surface area (TPSA) is 20.3 Å². The van der Waals surface area contributed by atoms with Crippen LogP contribution in [0.4, 0.5) is 0 Å². The average Bonchev–Trinajstić information content (AvgIpc) is 2.31. The highest BCUT2D eigenvalue weighted by atomic mass is 79.9.